The van der Waals surface area contributed by atoms with Gasteiger partial charge in [-0.15, -0.1) is 0 Å². The second-order valence-corrected chi connectivity index (χ2v) is 9.39. The van der Waals surface area contributed by atoms with E-state index < -0.39 is 0 Å². The molecule has 10 nitrogen and oxygen atoms in total. The van der Waals surface area contributed by atoms with Gasteiger partial charge in [-0.25, -0.2) is 9.80 Å². The van der Waals surface area contributed by atoms with Crippen LogP contribution in [0, 0.1) is 0 Å². The van der Waals surface area contributed by atoms with Gasteiger partial charge in [-0.1, -0.05) is 24.3 Å². The van der Waals surface area contributed by atoms with Crippen molar-refractivity contribution in [3.8, 4) is 22.5 Å². The predicted octanol–water partition coefficient (Wildman–Crippen LogP) is 2.45. The Labute approximate surface area is 209 Å². The van der Waals surface area contributed by atoms with E-state index in [-0.39, 0.29) is 11.8 Å². The highest BCUT2D eigenvalue weighted by Gasteiger charge is 2.35. The number of aromatic nitrogens is 2. The Kier molecular flexibility index (Phi) is 5.92. The first-order valence-corrected chi connectivity index (χ1v) is 12.3. The van der Waals surface area contributed by atoms with Crippen molar-refractivity contribution in [1.82, 2.24) is 25.9 Å². The number of benzene rings is 2. The van der Waals surface area contributed by atoms with Crippen LogP contribution in [0.4, 0.5) is 16.2 Å². The van der Waals surface area contributed by atoms with E-state index in [2.05, 4.69) is 50.2 Å². The number of urea groups is 1. The summed E-state index contributed by atoms with van der Waals surface area (Å²) in [6, 6.07) is 13.7. The molecule has 0 saturated carbocycles. The van der Waals surface area contributed by atoms with Crippen LogP contribution in [0.5, 0.6) is 0 Å². The summed E-state index contributed by atoms with van der Waals surface area (Å²) < 4.78 is 5.32. The number of aromatic amines is 1. The van der Waals surface area contributed by atoms with Gasteiger partial charge in [0.25, 0.3) is 0 Å². The summed E-state index contributed by atoms with van der Waals surface area (Å²) in [6.07, 6.45) is 0. The van der Waals surface area contributed by atoms with Crippen LogP contribution in [0.2, 0.25) is 0 Å². The molecule has 36 heavy (non-hydrogen) atoms. The minimum atomic E-state index is -0.384. The van der Waals surface area contributed by atoms with Gasteiger partial charge >= 0.3 is 6.03 Å². The Balaban J connectivity index is 1.23. The maximum Gasteiger partial charge on any atom is 0.333 e. The Hall–Kier alpha value is -3.73. The minimum Gasteiger partial charge on any atom is -0.379 e. The summed E-state index contributed by atoms with van der Waals surface area (Å²) in [4.78, 5) is 28.6. The number of carbonyl (C=O) groups is 2. The molecule has 1 unspecified atom stereocenters. The number of hydrazine groups is 1. The number of H-pyrrole nitrogens is 1. The summed E-state index contributed by atoms with van der Waals surface area (Å²) >= 11 is 0. The standard InChI is InChI=1S/C26H29N7O3/c1-16-15-32(10-9-27-16)18-7-5-17(6-8-18)23-22-24(30-29-23)19-3-2-4-20(21(19)25(22)34)28-26(35)31-33-11-13-36-14-12-33/h2-8,16,27H,9-15H2,1H3,(H,29,30)(H2,28,31,35). The average Bonchev–Trinajstić information content (AvgIpc) is 3.45. The van der Waals surface area contributed by atoms with E-state index >= 15 is 0 Å². The van der Waals surface area contributed by atoms with Crippen molar-refractivity contribution >= 4 is 23.2 Å². The van der Waals surface area contributed by atoms with Crippen LogP contribution in [0.25, 0.3) is 22.5 Å². The Morgan fingerprint density at radius 3 is 2.67 bits per heavy atom. The van der Waals surface area contributed by atoms with Gasteiger partial charge in [0.15, 0.2) is 5.78 Å². The maximum absolute atomic E-state index is 13.6. The number of nitrogens with one attached hydrogen (secondary N) is 4. The van der Waals surface area contributed by atoms with E-state index in [9.17, 15) is 9.59 Å². The second-order valence-electron chi connectivity index (χ2n) is 9.39. The summed E-state index contributed by atoms with van der Waals surface area (Å²) in [5.74, 6) is -0.147. The molecule has 0 bridgehead atoms. The van der Waals surface area contributed by atoms with Crippen molar-refractivity contribution in [3.63, 3.8) is 0 Å². The fourth-order valence-electron chi connectivity index (χ4n) is 5.17. The number of carbonyl (C=O) groups excluding carboxylic acids is 2. The number of nitrogens with zero attached hydrogens (tertiary/aromatic N) is 3. The zero-order valence-corrected chi connectivity index (χ0v) is 20.1. The molecule has 2 saturated heterocycles. The van der Waals surface area contributed by atoms with Crippen LogP contribution in [0.3, 0.4) is 0 Å². The van der Waals surface area contributed by atoms with Gasteiger partial charge in [0.05, 0.1) is 35.7 Å². The normalized spacial score (nSPS) is 19.6. The highest BCUT2D eigenvalue weighted by molar-refractivity contribution is 6.26. The first-order valence-electron chi connectivity index (χ1n) is 12.3. The van der Waals surface area contributed by atoms with Crippen LogP contribution in [0.1, 0.15) is 22.8 Å². The van der Waals surface area contributed by atoms with Gasteiger partial charge in [-0.3, -0.25) is 15.3 Å². The molecule has 2 amide bonds. The molecule has 1 atom stereocenters. The molecule has 3 aromatic rings. The van der Waals surface area contributed by atoms with Gasteiger partial charge in [-0.05, 0) is 25.1 Å². The molecule has 3 aliphatic rings. The van der Waals surface area contributed by atoms with Gasteiger partial charge in [-0.2, -0.15) is 5.10 Å². The third kappa shape index (κ3) is 4.13. The molecule has 1 aromatic heterocycles. The summed E-state index contributed by atoms with van der Waals surface area (Å²) in [7, 11) is 0. The summed E-state index contributed by atoms with van der Waals surface area (Å²) in [6.45, 7) is 7.44. The molecular formula is C26H29N7O3. The van der Waals surface area contributed by atoms with Gasteiger partial charge in [0.1, 0.15) is 5.69 Å². The lowest BCUT2D eigenvalue weighted by atomic mass is 10.0. The number of ether oxygens (including phenoxy) is 1. The van der Waals surface area contributed by atoms with E-state index in [0.717, 1.165) is 36.4 Å². The number of rotatable bonds is 4. The van der Waals surface area contributed by atoms with Crippen LogP contribution in [0.15, 0.2) is 42.5 Å². The number of anilines is 2. The third-order valence-electron chi connectivity index (χ3n) is 6.95. The maximum atomic E-state index is 13.6. The molecule has 6 rings (SSSR count). The smallest absolute Gasteiger partial charge is 0.333 e. The van der Waals surface area contributed by atoms with Crippen molar-refractivity contribution in [1.29, 1.82) is 0 Å². The molecule has 4 N–H and O–H groups in total. The molecule has 2 fully saturated rings. The van der Waals surface area contributed by atoms with Gasteiger partial charge in [0.2, 0.25) is 0 Å². The molecule has 2 aromatic carbocycles. The lowest BCUT2D eigenvalue weighted by molar-refractivity contribution is 0.0207. The van der Waals surface area contributed by atoms with Crippen molar-refractivity contribution in [2.75, 3.05) is 56.2 Å². The first-order chi connectivity index (χ1) is 17.6. The molecule has 1 aliphatic carbocycles. The molecule has 0 spiro atoms. The van der Waals surface area contributed by atoms with E-state index in [1.165, 1.54) is 0 Å². The quantitative estimate of drug-likeness (QED) is 0.350. The van der Waals surface area contributed by atoms with Gasteiger partial charge < -0.3 is 20.3 Å². The lowest BCUT2D eigenvalue weighted by Gasteiger charge is -2.33. The highest BCUT2D eigenvalue weighted by Crippen LogP contribution is 2.43. The third-order valence-corrected chi connectivity index (χ3v) is 6.95. The zero-order chi connectivity index (χ0) is 24.6. The topological polar surface area (TPSA) is 115 Å². The number of piperazine rings is 1. The second kappa shape index (κ2) is 9.38. The number of ketones is 1. The number of morpholine rings is 1. The van der Waals surface area contributed by atoms with E-state index in [1.807, 2.05) is 24.3 Å². The SMILES string of the molecule is CC1CN(c2ccc(-c3n[nH]c4c3C(=O)c3c(NC(=O)NN5CCOCC5)cccc3-4)cc2)CCN1. The number of hydrogen-bond acceptors (Lipinski definition) is 7. The fraction of sp³-hybridized carbons (Fsp3) is 0.346. The summed E-state index contributed by atoms with van der Waals surface area (Å²) in [5.41, 5.74) is 8.39. The number of hydrogen-bond donors (Lipinski definition) is 4. The van der Waals surface area contributed by atoms with Crippen LogP contribution in [-0.2, 0) is 4.74 Å². The van der Waals surface area contributed by atoms with Crippen molar-refractivity contribution < 1.29 is 14.3 Å². The van der Waals surface area contributed by atoms with Crippen LogP contribution < -0.4 is 21.0 Å². The van der Waals surface area contributed by atoms with Gasteiger partial charge in [0, 0.05) is 55.6 Å². The molecule has 10 heteroatoms. The lowest BCUT2D eigenvalue weighted by Crippen LogP contribution is -2.49. The van der Waals surface area contributed by atoms with Crippen molar-refractivity contribution in [2.24, 2.45) is 0 Å². The van der Waals surface area contributed by atoms with E-state index in [0.29, 0.717) is 60.5 Å². The van der Waals surface area contributed by atoms with Crippen LogP contribution in [-0.4, -0.2) is 79.0 Å². The largest absolute Gasteiger partial charge is 0.379 e. The number of amides is 2. The Morgan fingerprint density at radius 2 is 1.89 bits per heavy atom. The first kappa shape index (κ1) is 22.7. The Morgan fingerprint density at radius 1 is 1.08 bits per heavy atom. The van der Waals surface area contributed by atoms with Crippen LogP contribution >= 0.6 is 0 Å². The van der Waals surface area contributed by atoms with Crippen molar-refractivity contribution in [3.05, 3.63) is 53.6 Å². The zero-order valence-electron chi connectivity index (χ0n) is 20.1. The highest BCUT2D eigenvalue weighted by atomic mass is 16.5. The van der Waals surface area contributed by atoms with E-state index in [1.54, 1.807) is 11.1 Å². The molecule has 186 valence electrons. The molecule has 2 aliphatic heterocycles. The molecular weight excluding hydrogens is 458 g/mol. The molecule has 3 heterocycles. The molecule has 0 radical (unpaired) electrons. The predicted molar refractivity (Wildman–Crippen MR) is 137 cm³/mol. The number of fused-ring (bicyclic) bond motifs is 3. The minimum absolute atomic E-state index is 0.147. The Bertz CT molecular complexity index is 1300. The van der Waals surface area contributed by atoms with Crippen molar-refractivity contribution in [2.45, 2.75) is 13.0 Å². The summed E-state index contributed by atoms with van der Waals surface area (Å²) in [5, 5.41) is 15.7. The monoisotopic (exact) mass is 487 g/mol. The fourth-order valence-corrected chi connectivity index (χ4v) is 5.17. The average molecular weight is 488 g/mol. The van der Waals surface area contributed by atoms with E-state index in [4.69, 9.17) is 4.74 Å².